The minimum atomic E-state index is -1.88. The lowest BCUT2D eigenvalue weighted by Gasteiger charge is -2.32. The van der Waals surface area contributed by atoms with E-state index in [-0.39, 0.29) is 23.3 Å². The van der Waals surface area contributed by atoms with Gasteiger partial charge < -0.3 is 19.3 Å². The van der Waals surface area contributed by atoms with Crippen molar-refractivity contribution in [2.45, 2.75) is 24.9 Å². The van der Waals surface area contributed by atoms with Gasteiger partial charge in [0.1, 0.15) is 22.6 Å². The third-order valence-corrected chi connectivity index (χ3v) is 8.00. The Labute approximate surface area is 236 Å². The molecule has 0 aromatic heterocycles. The number of nitrogens with one attached hydrogen (secondary N) is 1. The molecule has 10 heteroatoms. The molecule has 2 aliphatic heterocycles. The molecule has 0 radical (unpaired) electrons. The number of anilines is 1. The largest absolute Gasteiger partial charge is 0.497 e. The normalized spacial score (nSPS) is 23.3. The van der Waals surface area contributed by atoms with E-state index in [1.54, 1.807) is 61.5 Å². The van der Waals surface area contributed by atoms with Gasteiger partial charge >= 0.3 is 11.9 Å². The van der Waals surface area contributed by atoms with Crippen molar-refractivity contribution in [3.63, 3.8) is 0 Å². The van der Waals surface area contributed by atoms with E-state index in [1.807, 2.05) is 0 Å². The lowest BCUT2D eigenvalue weighted by molar-refractivity contribution is -0.148. The summed E-state index contributed by atoms with van der Waals surface area (Å²) in [5, 5.41) is 13.9. The maximum absolute atomic E-state index is 14.2. The number of nitrogens with zero attached hydrogens (tertiary/aromatic N) is 1. The molecule has 0 spiro atoms. The van der Waals surface area contributed by atoms with Gasteiger partial charge in [0.25, 0.3) is 0 Å². The molecule has 0 bridgehead atoms. The number of carboxylic acids is 1. The average molecular weight is 559 g/mol. The first-order valence-electron chi connectivity index (χ1n) is 13.0. The highest BCUT2D eigenvalue weighted by atomic mass is 16.5. The summed E-state index contributed by atoms with van der Waals surface area (Å²) in [6.45, 7) is 1.77. The number of hydrogen-bond acceptors (Lipinski definition) is 8. The van der Waals surface area contributed by atoms with Gasteiger partial charge in [0, 0.05) is 18.5 Å². The number of imide groups is 1. The number of ether oxygens (including phenoxy) is 3. The van der Waals surface area contributed by atoms with E-state index >= 15 is 0 Å². The summed E-state index contributed by atoms with van der Waals surface area (Å²) >= 11 is 0. The molecule has 10 nitrogen and oxygen atoms in total. The van der Waals surface area contributed by atoms with Crippen LogP contribution < -0.4 is 19.7 Å². The standard InChI is InChI=1S/C31H30N2O8/c1-17-10-8-9-13-21(17)33-27(34)24-25(28(33)35)31(30(37)38,16-18-11-6-5-7-12-18)32-26(24)20-14-19(39-2)15-22(40-3)23(20)29(36)41-4/h5-15,24-26,32H,16H2,1-4H3,(H,37,38). The number of aryl methyl sites for hydroxylation is 1. The van der Waals surface area contributed by atoms with E-state index in [4.69, 9.17) is 14.2 Å². The van der Waals surface area contributed by atoms with Crippen molar-refractivity contribution in [2.24, 2.45) is 11.8 Å². The molecule has 5 rings (SSSR count). The molecule has 212 valence electrons. The molecule has 2 fully saturated rings. The Balaban J connectivity index is 1.77. The van der Waals surface area contributed by atoms with E-state index in [1.165, 1.54) is 33.5 Å². The van der Waals surface area contributed by atoms with Gasteiger partial charge in [-0.1, -0.05) is 48.5 Å². The highest BCUT2D eigenvalue weighted by Crippen LogP contribution is 2.52. The lowest BCUT2D eigenvalue weighted by Crippen LogP contribution is -2.57. The van der Waals surface area contributed by atoms with Gasteiger partial charge in [0.2, 0.25) is 11.8 Å². The second-order valence-electron chi connectivity index (χ2n) is 10.1. The van der Waals surface area contributed by atoms with E-state index in [9.17, 15) is 24.3 Å². The summed E-state index contributed by atoms with van der Waals surface area (Å²) in [5.41, 5.74) is 0.0688. The molecule has 2 amide bonds. The van der Waals surface area contributed by atoms with Crippen LogP contribution in [0.3, 0.4) is 0 Å². The first-order chi connectivity index (χ1) is 19.7. The summed E-state index contributed by atoms with van der Waals surface area (Å²) < 4.78 is 16.0. The third-order valence-electron chi connectivity index (χ3n) is 8.00. The minimum absolute atomic E-state index is 0.00235. The summed E-state index contributed by atoms with van der Waals surface area (Å²) in [7, 11) is 4.02. The molecule has 41 heavy (non-hydrogen) atoms. The Morgan fingerprint density at radius 2 is 1.63 bits per heavy atom. The quantitative estimate of drug-likeness (QED) is 0.316. The Morgan fingerprint density at radius 1 is 0.951 bits per heavy atom. The Morgan fingerprint density at radius 3 is 2.24 bits per heavy atom. The molecule has 0 saturated carbocycles. The lowest BCUT2D eigenvalue weighted by atomic mass is 9.76. The van der Waals surface area contributed by atoms with Crippen LogP contribution >= 0.6 is 0 Å². The zero-order chi connectivity index (χ0) is 29.5. The van der Waals surface area contributed by atoms with Crippen LogP contribution in [-0.2, 0) is 25.5 Å². The minimum Gasteiger partial charge on any atom is -0.497 e. The van der Waals surface area contributed by atoms with Crippen molar-refractivity contribution < 1.29 is 38.5 Å². The second kappa shape index (κ2) is 10.7. The van der Waals surface area contributed by atoms with Gasteiger partial charge in [-0.05, 0) is 35.7 Å². The third kappa shape index (κ3) is 4.40. The molecule has 4 atom stereocenters. The Bertz CT molecular complexity index is 1540. The van der Waals surface area contributed by atoms with Gasteiger partial charge in [0.05, 0.1) is 38.9 Å². The maximum Gasteiger partial charge on any atom is 0.341 e. The van der Waals surface area contributed by atoms with E-state index < -0.39 is 47.2 Å². The summed E-state index contributed by atoms with van der Waals surface area (Å²) in [5.74, 6) is -5.26. The predicted octanol–water partition coefficient (Wildman–Crippen LogP) is 3.32. The summed E-state index contributed by atoms with van der Waals surface area (Å²) in [4.78, 5) is 55.9. The van der Waals surface area contributed by atoms with Gasteiger partial charge in [-0.2, -0.15) is 0 Å². The Hall–Kier alpha value is -4.70. The van der Waals surface area contributed by atoms with Crippen LogP contribution in [0.4, 0.5) is 5.69 Å². The van der Waals surface area contributed by atoms with E-state index in [0.717, 1.165) is 4.90 Å². The monoisotopic (exact) mass is 558 g/mol. The Kier molecular flexibility index (Phi) is 7.27. The van der Waals surface area contributed by atoms with Crippen LogP contribution in [-0.4, -0.2) is 55.7 Å². The molecule has 4 unspecified atom stereocenters. The van der Waals surface area contributed by atoms with Crippen LogP contribution in [0.1, 0.15) is 33.1 Å². The number of para-hydroxylation sites is 1. The molecule has 2 saturated heterocycles. The molecule has 2 N–H and O–H groups in total. The van der Waals surface area contributed by atoms with Gasteiger partial charge in [-0.3, -0.25) is 19.7 Å². The number of carbonyl (C=O) groups excluding carboxylic acids is 3. The number of carbonyl (C=O) groups is 4. The van der Waals surface area contributed by atoms with Crippen molar-refractivity contribution >= 4 is 29.4 Å². The second-order valence-corrected chi connectivity index (χ2v) is 10.1. The van der Waals surface area contributed by atoms with Gasteiger partial charge in [-0.25, -0.2) is 9.69 Å². The highest BCUT2D eigenvalue weighted by molar-refractivity contribution is 6.24. The number of aliphatic carboxylic acids is 1. The first kappa shape index (κ1) is 27.9. The fourth-order valence-corrected chi connectivity index (χ4v) is 6.13. The topological polar surface area (TPSA) is 131 Å². The molecule has 2 heterocycles. The fourth-order valence-electron chi connectivity index (χ4n) is 6.13. The number of hydrogen-bond donors (Lipinski definition) is 2. The van der Waals surface area contributed by atoms with Crippen molar-refractivity contribution in [1.29, 1.82) is 0 Å². The number of carboxylic acid groups (broad SMARTS) is 1. The number of fused-ring (bicyclic) bond motifs is 1. The maximum atomic E-state index is 14.2. The van der Waals surface area contributed by atoms with Gasteiger partial charge in [0.15, 0.2) is 0 Å². The number of amides is 2. The molecular formula is C31H30N2O8. The van der Waals surface area contributed by atoms with Crippen molar-refractivity contribution in [1.82, 2.24) is 5.32 Å². The number of methoxy groups -OCH3 is 3. The summed E-state index contributed by atoms with van der Waals surface area (Å²) in [6, 6.07) is 17.8. The average Bonchev–Trinajstić information content (AvgIpc) is 3.46. The summed E-state index contributed by atoms with van der Waals surface area (Å²) in [6.07, 6.45) is -0.0872. The van der Waals surface area contributed by atoms with Crippen LogP contribution in [0.5, 0.6) is 11.5 Å². The van der Waals surface area contributed by atoms with Crippen molar-refractivity contribution in [2.75, 3.05) is 26.2 Å². The molecular weight excluding hydrogens is 528 g/mol. The van der Waals surface area contributed by atoms with Crippen LogP contribution in [0.25, 0.3) is 0 Å². The van der Waals surface area contributed by atoms with Crippen molar-refractivity contribution in [3.8, 4) is 11.5 Å². The first-order valence-corrected chi connectivity index (χ1v) is 13.0. The zero-order valence-electron chi connectivity index (χ0n) is 23.0. The number of rotatable bonds is 8. The van der Waals surface area contributed by atoms with E-state index in [0.29, 0.717) is 22.6 Å². The smallest absolute Gasteiger partial charge is 0.341 e. The number of esters is 1. The molecule has 2 aliphatic rings. The van der Waals surface area contributed by atoms with Gasteiger partial charge in [-0.15, -0.1) is 0 Å². The highest BCUT2D eigenvalue weighted by Gasteiger charge is 2.69. The number of benzene rings is 3. The predicted molar refractivity (Wildman–Crippen MR) is 148 cm³/mol. The zero-order valence-corrected chi connectivity index (χ0v) is 23.0. The van der Waals surface area contributed by atoms with Crippen molar-refractivity contribution in [3.05, 3.63) is 89.0 Å². The van der Waals surface area contributed by atoms with Crippen LogP contribution in [0, 0.1) is 18.8 Å². The van der Waals surface area contributed by atoms with Crippen LogP contribution in [0.15, 0.2) is 66.7 Å². The van der Waals surface area contributed by atoms with Crippen LogP contribution in [0.2, 0.25) is 0 Å². The molecule has 3 aromatic rings. The molecule has 0 aliphatic carbocycles. The van der Waals surface area contributed by atoms with E-state index in [2.05, 4.69) is 5.32 Å². The SMILES string of the molecule is COC(=O)c1c(OC)cc(OC)cc1C1NC(Cc2ccccc2)(C(=O)O)C2C(=O)N(c3ccccc3C)C(=O)C12. The molecule has 3 aromatic carbocycles. The fraction of sp³-hybridized carbons (Fsp3) is 0.290.